The topological polar surface area (TPSA) is 44.1 Å². The molecule has 0 bridgehead atoms. The molecule has 2 atom stereocenters. The van der Waals surface area contributed by atoms with Gasteiger partial charge in [0, 0.05) is 12.0 Å². The highest BCUT2D eigenvalue weighted by atomic mass is 16.5. The van der Waals surface area contributed by atoms with Gasteiger partial charge in [-0.15, -0.1) is 0 Å². The summed E-state index contributed by atoms with van der Waals surface area (Å²) < 4.78 is 8.45. The van der Waals surface area contributed by atoms with Gasteiger partial charge in [0.25, 0.3) is 0 Å². The van der Waals surface area contributed by atoms with E-state index >= 15 is 0 Å². The minimum Gasteiger partial charge on any atom is -0.462 e. The molecular formula is C26H28N2O2. The Bertz CT molecular complexity index is 1000. The van der Waals surface area contributed by atoms with Crippen molar-refractivity contribution in [1.82, 2.24) is 9.55 Å². The van der Waals surface area contributed by atoms with Crippen molar-refractivity contribution in [3.63, 3.8) is 0 Å². The van der Waals surface area contributed by atoms with Crippen LogP contribution < -0.4 is 0 Å². The van der Waals surface area contributed by atoms with E-state index < -0.39 is 0 Å². The summed E-state index contributed by atoms with van der Waals surface area (Å²) in [6, 6.07) is 18.6. The fourth-order valence-electron chi connectivity index (χ4n) is 5.21. The SMILES string of the molecule is O=C(Cc1ccccc1)OC(CC1c2ccccc2-c2cncn21)C1CCCCC1. The second kappa shape index (κ2) is 8.47. The molecule has 1 aromatic heterocycles. The van der Waals surface area contributed by atoms with Gasteiger partial charge in [-0.2, -0.15) is 0 Å². The van der Waals surface area contributed by atoms with E-state index in [0.29, 0.717) is 12.3 Å². The van der Waals surface area contributed by atoms with Crippen LogP contribution in [0.1, 0.15) is 55.7 Å². The van der Waals surface area contributed by atoms with Crippen LogP contribution in [0.2, 0.25) is 0 Å². The minimum atomic E-state index is -0.117. The lowest BCUT2D eigenvalue weighted by atomic mass is 9.82. The van der Waals surface area contributed by atoms with E-state index in [4.69, 9.17) is 4.74 Å². The molecule has 0 saturated heterocycles. The van der Waals surface area contributed by atoms with Gasteiger partial charge in [-0.3, -0.25) is 4.79 Å². The summed E-state index contributed by atoms with van der Waals surface area (Å²) in [6.45, 7) is 0. The molecule has 2 unspecified atom stereocenters. The Morgan fingerprint density at radius 3 is 2.63 bits per heavy atom. The molecule has 2 aliphatic rings. The lowest BCUT2D eigenvalue weighted by molar-refractivity contribution is -0.152. The van der Waals surface area contributed by atoms with Crippen molar-refractivity contribution < 1.29 is 9.53 Å². The van der Waals surface area contributed by atoms with Crippen molar-refractivity contribution in [3.05, 3.63) is 78.2 Å². The fourth-order valence-corrected chi connectivity index (χ4v) is 5.21. The number of hydrogen-bond donors (Lipinski definition) is 0. The molecule has 0 spiro atoms. The first-order chi connectivity index (χ1) is 14.8. The molecule has 2 heterocycles. The summed E-state index contributed by atoms with van der Waals surface area (Å²) in [5.74, 6) is 0.326. The third kappa shape index (κ3) is 3.79. The first-order valence-electron chi connectivity index (χ1n) is 11.1. The Balaban J connectivity index is 1.38. The summed E-state index contributed by atoms with van der Waals surface area (Å²) >= 11 is 0. The maximum Gasteiger partial charge on any atom is 0.310 e. The van der Waals surface area contributed by atoms with Crippen LogP contribution in [0, 0.1) is 5.92 Å². The van der Waals surface area contributed by atoms with Gasteiger partial charge in [0.1, 0.15) is 6.10 Å². The molecule has 154 valence electrons. The van der Waals surface area contributed by atoms with Crippen molar-refractivity contribution in [2.24, 2.45) is 5.92 Å². The monoisotopic (exact) mass is 400 g/mol. The average molecular weight is 401 g/mol. The van der Waals surface area contributed by atoms with Gasteiger partial charge in [0.05, 0.1) is 30.7 Å². The first-order valence-corrected chi connectivity index (χ1v) is 11.1. The molecule has 2 aromatic carbocycles. The largest absolute Gasteiger partial charge is 0.462 e. The molecule has 1 aliphatic carbocycles. The maximum atomic E-state index is 12.8. The molecule has 0 radical (unpaired) electrons. The lowest BCUT2D eigenvalue weighted by Crippen LogP contribution is -2.31. The van der Waals surface area contributed by atoms with Crippen molar-refractivity contribution in [2.45, 2.75) is 57.1 Å². The third-order valence-electron chi connectivity index (χ3n) is 6.70. The van der Waals surface area contributed by atoms with Crippen LogP contribution in [0.5, 0.6) is 0 Å². The van der Waals surface area contributed by atoms with Crippen LogP contribution >= 0.6 is 0 Å². The van der Waals surface area contributed by atoms with Crippen molar-refractivity contribution in [2.75, 3.05) is 0 Å². The summed E-state index contributed by atoms with van der Waals surface area (Å²) in [5, 5.41) is 0. The Labute approximate surface area is 177 Å². The van der Waals surface area contributed by atoms with Gasteiger partial charge in [0.15, 0.2) is 0 Å². The molecule has 4 heteroatoms. The average Bonchev–Trinajstić information content (AvgIpc) is 3.37. The molecule has 1 aliphatic heterocycles. The van der Waals surface area contributed by atoms with E-state index in [1.165, 1.54) is 30.4 Å². The molecule has 5 rings (SSSR count). The van der Waals surface area contributed by atoms with Crippen LogP contribution in [-0.4, -0.2) is 21.6 Å². The number of hydrogen-bond acceptors (Lipinski definition) is 3. The molecular weight excluding hydrogens is 372 g/mol. The number of nitrogens with zero attached hydrogens (tertiary/aromatic N) is 2. The standard InChI is InChI=1S/C26H28N2O2/c29-26(15-19-9-3-1-4-10-19)30-25(20-11-5-2-6-12-20)16-23-21-13-7-8-14-22(21)24-17-27-18-28(23)24/h1,3-4,7-10,13-14,17-18,20,23,25H,2,5-6,11-12,15-16H2. The Hall–Kier alpha value is -2.88. The number of rotatable bonds is 6. The van der Waals surface area contributed by atoms with E-state index in [9.17, 15) is 4.79 Å². The highest BCUT2D eigenvalue weighted by Gasteiger charge is 2.35. The summed E-state index contributed by atoms with van der Waals surface area (Å²) in [5.41, 5.74) is 4.73. The molecule has 3 aromatic rings. The van der Waals surface area contributed by atoms with E-state index in [-0.39, 0.29) is 18.1 Å². The minimum absolute atomic E-state index is 0.0621. The van der Waals surface area contributed by atoms with E-state index in [2.05, 4.69) is 33.8 Å². The number of aromatic nitrogens is 2. The highest BCUT2D eigenvalue weighted by Crippen LogP contribution is 2.43. The fraction of sp³-hybridized carbons (Fsp3) is 0.385. The first kappa shape index (κ1) is 19.1. The normalized spacial score (nSPS) is 19.1. The van der Waals surface area contributed by atoms with Crippen LogP contribution in [0.3, 0.4) is 0 Å². The van der Waals surface area contributed by atoms with Crippen molar-refractivity contribution in [1.29, 1.82) is 0 Å². The van der Waals surface area contributed by atoms with Crippen molar-refractivity contribution in [3.8, 4) is 11.3 Å². The quantitative estimate of drug-likeness (QED) is 0.508. The summed E-state index contributed by atoms with van der Waals surface area (Å²) in [7, 11) is 0. The van der Waals surface area contributed by atoms with E-state index in [1.807, 2.05) is 42.9 Å². The van der Waals surface area contributed by atoms with E-state index in [0.717, 1.165) is 30.5 Å². The van der Waals surface area contributed by atoms with Gasteiger partial charge in [-0.25, -0.2) is 4.98 Å². The Kier molecular flexibility index (Phi) is 5.39. The van der Waals surface area contributed by atoms with Crippen LogP contribution in [0.15, 0.2) is 67.1 Å². The summed E-state index contributed by atoms with van der Waals surface area (Å²) in [4.78, 5) is 17.2. The number of carbonyl (C=O) groups is 1. The number of fused-ring (bicyclic) bond motifs is 3. The zero-order chi connectivity index (χ0) is 20.3. The Morgan fingerprint density at radius 1 is 1.03 bits per heavy atom. The number of carbonyl (C=O) groups excluding carboxylic acids is 1. The molecule has 30 heavy (non-hydrogen) atoms. The molecule has 0 amide bonds. The maximum absolute atomic E-state index is 12.8. The van der Waals surface area contributed by atoms with Crippen LogP contribution in [0.25, 0.3) is 11.3 Å². The van der Waals surface area contributed by atoms with E-state index in [1.54, 1.807) is 0 Å². The molecule has 1 fully saturated rings. The number of ether oxygens (including phenoxy) is 1. The van der Waals surface area contributed by atoms with Crippen LogP contribution in [0.4, 0.5) is 0 Å². The zero-order valence-electron chi connectivity index (χ0n) is 17.2. The predicted molar refractivity (Wildman–Crippen MR) is 117 cm³/mol. The van der Waals surface area contributed by atoms with Crippen molar-refractivity contribution >= 4 is 5.97 Å². The molecule has 4 nitrogen and oxygen atoms in total. The second-order valence-corrected chi connectivity index (χ2v) is 8.61. The van der Waals surface area contributed by atoms with Gasteiger partial charge in [0.2, 0.25) is 0 Å². The second-order valence-electron chi connectivity index (χ2n) is 8.61. The van der Waals surface area contributed by atoms with Gasteiger partial charge < -0.3 is 9.30 Å². The number of benzene rings is 2. The zero-order valence-corrected chi connectivity index (χ0v) is 17.2. The van der Waals surface area contributed by atoms with Gasteiger partial charge >= 0.3 is 5.97 Å². The smallest absolute Gasteiger partial charge is 0.310 e. The third-order valence-corrected chi connectivity index (χ3v) is 6.70. The number of esters is 1. The molecule has 1 saturated carbocycles. The summed E-state index contributed by atoms with van der Waals surface area (Å²) in [6.07, 6.45) is 11.0. The van der Waals surface area contributed by atoms with Gasteiger partial charge in [-0.05, 0) is 29.9 Å². The van der Waals surface area contributed by atoms with Crippen LogP contribution in [-0.2, 0) is 16.0 Å². The van der Waals surface area contributed by atoms with Gasteiger partial charge in [-0.1, -0.05) is 73.9 Å². The molecule has 0 N–H and O–H groups in total. The Morgan fingerprint density at radius 2 is 1.80 bits per heavy atom. The predicted octanol–water partition coefficient (Wildman–Crippen LogP) is 5.58. The lowest BCUT2D eigenvalue weighted by Gasteiger charge is -2.32. The highest BCUT2D eigenvalue weighted by molar-refractivity contribution is 5.73. The number of imidazole rings is 1.